The van der Waals surface area contributed by atoms with Crippen LogP contribution in [0.4, 0.5) is 0 Å². The van der Waals surface area contributed by atoms with Crippen molar-refractivity contribution in [3.63, 3.8) is 0 Å². The van der Waals surface area contributed by atoms with Gasteiger partial charge in [0.2, 0.25) is 10.0 Å². The van der Waals surface area contributed by atoms with Crippen LogP contribution in [0.2, 0.25) is 0 Å². The molecule has 1 saturated heterocycles. The first kappa shape index (κ1) is 20.7. The van der Waals surface area contributed by atoms with Gasteiger partial charge in [-0.2, -0.15) is 4.31 Å². The summed E-state index contributed by atoms with van der Waals surface area (Å²) in [6.07, 6.45) is 2.91. The van der Waals surface area contributed by atoms with Crippen molar-refractivity contribution in [3.05, 3.63) is 65.2 Å². The monoisotopic (exact) mass is 444 g/mol. The normalized spacial score (nSPS) is 15.6. The second-order valence-electron chi connectivity index (χ2n) is 6.60. The van der Waals surface area contributed by atoms with Gasteiger partial charge >= 0.3 is 5.97 Å². The molecule has 7 nitrogen and oxygen atoms in total. The predicted octanol–water partition coefficient (Wildman–Crippen LogP) is 3.07. The van der Waals surface area contributed by atoms with Crippen LogP contribution in [0.15, 0.2) is 59.5 Å². The number of fused-ring (bicyclic) bond motifs is 1. The van der Waals surface area contributed by atoms with Crippen LogP contribution in [-0.2, 0) is 30.9 Å². The molecule has 1 fully saturated rings. The smallest absolute Gasteiger partial charge is 0.331 e. The summed E-state index contributed by atoms with van der Waals surface area (Å²) in [7, 11) is -3.53. The molecule has 0 atom stereocenters. The highest BCUT2D eigenvalue weighted by molar-refractivity contribution is 7.89. The fourth-order valence-electron chi connectivity index (χ4n) is 3.01. The van der Waals surface area contributed by atoms with E-state index in [0.717, 1.165) is 15.2 Å². The number of benzene rings is 2. The van der Waals surface area contributed by atoms with E-state index in [2.05, 4.69) is 4.98 Å². The Balaban J connectivity index is 1.34. The number of morpholine rings is 1. The molecular weight excluding hydrogens is 424 g/mol. The highest BCUT2D eigenvalue weighted by atomic mass is 32.2. The van der Waals surface area contributed by atoms with E-state index in [1.54, 1.807) is 18.2 Å². The highest BCUT2D eigenvalue weighted by Gasteiger charge is 2.25. The molecule has 156 valence electrons. The van der Waals surface area contributed by atoms with Crippen LogP contribution in [0, 0.1) is 0 Å². The van der Waals surface area contributed by atoms with Crippen LogP contribution in [0.3, 0.4) is 0 Å². The van der Waals surface area contributed by atoms with E-state index in [-0.39, 0.29) is 11.5 Å². The molecule has 2 heterocycles. The minimum Gasteiger partial charge on any atom is -0.455 e. The van der Waals surface area contributed by atoms with E-state index in [4.69, 9.17) is 9.47 Å². The molecule has 0 aliphatic carbocycles. The van der Waals surface area contributed by atoms with E-state index in [0.29, 0.717) is 31.9 Å². The van der Waals surface area contributed by atoms with Gasteiger partial charge in [0.15, 0.2) is 0 Å². The van der Waals surface area contributed by atoms with Gasteiger partial charge in [-0.05, 0) is 35.9 Å². The lowest BCUT2D eigenvalue weighted by molar-refractivity contribution is -0.138. The largest absolute Gasteiger partial charge is 0.455 e. The SMILES string of the molecule is O=C(C=Cc1ccc(S(=O)(=O)N2CCOCC2)cc1)OCc1nc2ccccc2s1. The average Bonchev–Trinajstić information content (AvgIpc) is 3.20. The zero-order valence-corrected chi connectivity index (χ0v) is 17.7. The minimum atomic E-state index is -3.53. The lowest BCUT2D eigenvalue weighted by Crippen LogP contribution is -2.40. The maximum atomic E-state index is 12.6. The molecule has 3 aromatic rings. The Bertz CT molecular complexity index is 1130. The van der Waals surface area contributed by atoms with Gasteiger partial charge in [-0.15, -0.1) is 11.3 Å². The third kappa shape index (κ3) is 4.76. The maximum Gasteiger partial charge on any atom is 0.331 e. The first-order chi connectivity index (χ1) is 14.5. The van der Waals surface area contributed by atoms with Crippen LogP contribution in [0.25, 0.3) is 16.3 Å². The molecule has 30 heavy (non-hydrogen) atoms. The second kappa shape index (κ2) is 9.05. The Morgan fingerprint density at radius 1 is 1.13 bits per heavy atom. The van der Waals surface area contributed by atoms with Gasteiger partial charge in [0.1, 0.15) is 11.6 Å². The Kier molecular flexibility index (Phi) is 6.24. The Morgan fingerprint density at radius 3 is 2.60 bits per heavy atom. The zero-order chi connectivity index (χ0) is 21.0. The number of hydrogen-bond donors (Lipinski definition) is 0. The van der Waals surface area contributed by atoms with Gasteiger partial charge in [-0.25, -0.2) is 18.2 Å². The van der Waals surface area contributed by atoms with E-state index in [1.807, 2.05) is 24.3 Å². The van der Waals surface area contributed by atoms with Crippen molar-refractivity contribution in [1.82, 2.24) is 9.29 Å². The number of rotatable bonds is 6. The summed E-state index contributed by atoms with van der Waals surface area (Å²) in [5.74, 6) is -0.487. The number of sulfonamides is 1. The molecule has 0 N–H and O–H groups in total. The first-order valence-corrected chi connectivity index (χ1v) is 11.7. The van der Waals surface area contributed by atoms with Crippen molar-refractivity contribution in [2.24, 2.45) is 0 Å². The van der Waals surface area contributed by atoms with E-state index >= 15 is 0 Å². The number of para-hydroxylation sites is 1. The molecule has 0 radical (unpaired) electrons. The summed E-state index contributed by atoms with van der Waals surface area (Å²) in [6.45, 7) is 1.62. The van der Waals surface area contributed by atoms with Crippen LogP contribution >= 0.6 is 11.3 Å². The number of carbonyl (C=O) groups excluding carboxylic acids is 1. The molecule has 1 aliphatic rings. The molecule has 4 rings (SSSR count). The number of nitrogens with zero attached hydrogens (tertiary/aromatic N) is 2. The number of carbonyl (C=O) groups is 1. The van der Waals surface area contributed by atoms with E-state index in [9.17, 15) is 13.2 Å². The summed E-state index contributed by atoms with van der Waals surface area (Å²) in [5.41, 5.74) is 1.59. The highest BCUT2D eigenvalue weighted by Crippen LogP contribution is 2.22. The molecule has 0 unspecified atom stereocenters. The van der Waals surface area contributed by atoms with Crippen LogP contribution in [0.1, 0.15) is 10.6 Å². The molecule has 2 aromatic carbocycles. The molecule has 1 aliphatic heterocycles. The lowest BCUT2D eigenvalue weighted by atomic mass is 10.2. The fourth-order valence-corrected chi connectivity index (χ4v) is 5.30. The molecular formula is C21H20N2O5S2. The number of thiazole rings is 1. The number of esters is 1. The van der Waals surface area contributed by atoms with Crippen molar-refractivity contribution in [3.8, 4) is 0 Å². The van der Waals surface area contributed by atoms with Crippen LogP contribution < -0.4 is 0 Å². The molecule has 0 spiro atoms. The maximum absolute atomic E-state index is 12.6. The van der Waals surface area contributed by atoms with Crippen molar-refractivity contribution >= 4 is 43.6 Å². The second-order valence-corrected chi connectivity index (χ2v) is 9.66. The predicted molar refractivity (Wildman–Crippen MR) is 114 cm³/mol. The molecule has 0 bridgehead atoms. The minimum absolute atomic E-state index is 0.110. The Morgan fingerprint density at radius 2 is 1.87 bits per heavy atom. The third-order valence-corrected chi connectivity index (χ3v) is 7.50. The van der Waals surface area contributed by atoms with Crippen molar-refractivity contribution < 1.29 is 22.7 Å². The summed E-state index contributed by atoms with van der Waals surface area (Å²) in [5, 5.41) is 0.732. The molecule has 9 heteroatoms. The average molecular weight is 445 g/mol. The van der Waals surface area contributed by atoms with Crippen molar-refractivity contribution in [1.29, 1.82) is 0 Å². The van der Waals surface area contributed by atoms with Gasteiger partial charge in [0.25, 0.3) is 0 Å². The summed E-state index contributed by atoms with van der Waals surface area (Å²) in [4.78, 5) is 16.6. The number of aromatic nitrogens is 1. The molecule has 0 saturated carbocycles. The Labute approximate surface area is 178 Å². The van der Waals surface area contributed by atoms with Gasteiger partial charge in [0, 0.05) is 19.2 Å². The zero-order valence-electron chi connectivity index (χ0n) is 16.1. The van der Waals surface area contributed by atoms with Crippen LogP contribution in [0.5, 0.6) is 0 Å². The lowest BCUT2D eigenvalue weighted by Gasteiger charge is -2.26. The summed E-state index contributed by atoms with van der Waals surface area (Å²) < 4.78 is 38.2. The standard InChI is InChI=1S/C21H20N2O5S2/c24-21(28-15-20-22-18-3-1-2-4-19(18)29-20)10-7-16-5-8-17(9-6-16)30(25,26)23-11-13-27-14-12-23/h1-10H,11-15H2. The van der Waals surface area contributed by atoms with Crippen molar-refractivity contribution in [2.45, 2.75) is 11.5 Å². The van der Waals surface area contributed by atoms with Gasteiger partial charge in [-0.1, -0.05) is 24.3 Å². The quantitative estimate of drug-likeness (QED) is 0.429. The van der Waals surface area contributed by atoms with E-state index in [1.165, 1.54) is 33.9 Å². The fraction of sp³-hybridized carbons (Fsp3) is 0.238. The molecule has 1 aromatic heterocycles. The topological polar surface area (TPSA) is 85.8 Å². The van der Waals surface area contributed by atoms with Gasteiger partial charge < -0.3 is 9.47 Å². The summed E-state index contributed by atoms with van der Waals surface area (Å²) in [6, 6.07) is 14.1. The molecule has 0 amide bonds. The van der Waals surface area contributed by atoms with Crippen molar-refractivity contribution in [2.75, 3.05) is 26.3 Å². The first-order valence-electron chi connectivity index (χ1n) is 9.40. The number of hydrogen-bond acceptors (Lipinski definition) is 7. The summed E-state index contributed by atoms with van der Waals surface area (Å²) >= 11 is 1.49. The van der Waals surface area contributed by atoms with Gasteiger partial charge in [-0.3, -0.25) is 0 Å². The Hall–Kier alpha value is -2.59. The number of ether oxygens (including phenoxy) is 2. The van der Waals surface area contributed by atoms with Crippen LogP contribution in [-0.4, -0.2) is 50.0 Å². The third-order valence-electron chi connectivity index (χ3n) is 4.58. The van der Waals surface area contributed by atoms with Gasteiger partial charge in [0.05, 0.1) is 28.3 Å². The van der Waals surface area contributed by atoms with E-state index < -0.39 is 16.0 Å².